The molecule has 1 rings (SSSR count). The summed E-state index contributed by atoms with van der Waals surface area (Å²) >= 11 is 0. The third kappa shape index (κ3) is 11.4. The van der Waals surface area contributed by atoms with Crippen LogP contribution in [0.15, 0.2) is 18.2 Å². The summed E-state index contributed by atoms with van der Waals surface area (Å²) in [7, 11) is -7.58. The Morgan fingerprint density at radius 1 is 1.03 bits per heavy atom. The van der Waals surface area contributed by atoms with Gasteiger partial charge in [-0.3, -0.25) is 18.0 Å². The Morgan fingerprint density at radius 3 is 1.97 bits per heavy atom. The smallest absolute Gasteiger partial charge is 0.326 e. The van der Waals surface area contributed by atoms with Crippen molar-refractivity contribution in [2.75, 3.05) is 43.7 Å². The average Bonchev–Trinajstić information content (AvgIpc) is 2.67. The molecule has 1 aromatic rings. The number of carboxylic acids is 2. The van der Waals surface area contributed by atoms with E-state index in [0.29, 0.717) is 0 Å². The highest BCUT2D eigenvalue weighted by Crippen LogP contribution is 2.21. The maximum atomic E-state index is 14.8. The fraction of sp³-hybridized carbons (Fsp3) is 0.500. The van der Waals surface area contributed by atoms with Crippen LogP contribution in [0, 0.1) is 5.82 Å². The van der Waals surface area contributed by atoms with Crippen LogP contribution in [0.4, 0.5) is 10.1 Å². The number of rotatable bonds is 15. The SMILES string of the molecule is CS(=O)(=O)OCCN(CCOS(C)(=O)=O)c1ccc(C(=O)N[C@@H](CCC(=O)O)C(=O)O)cc1F. The van der Waals surface area contributed by atoms with E-state index in [9.17, 15) is 35.6 Å². The van der Waals surface area contributed by atoms with Crippen molar-refractivity contribution in [3.05, 3.63) is 29.6 Å². The number of aliphatic carboxylic acids is 2. The minimum atomic E-state index is -3.79. The number of carbonyl (C=O) groups is 3. The zero-order chi connectivity index (χ0) is 26.1. The van der Waals surface area contributed by atoms with E-state index in [0.717, 1.165) is 30.7 Å². The van der Waals surface area contributed by atoms with Gasteiger partial charge in [0.25, 0.3) is 26.1 Å². The van der Waals surface area contributed by atoms with E-state index in [1.165, 1.54) is 4.90 Å². The van der Waals surface area contributed by atoms with Gasteiger partial charge in [0.2, 0.25) is 0 Å². The largest absolute Gasteiger partial charge is 0.481 e. The molecule has 192 valence electrons. The highest BCUT2D eigenvalue weighted by atomic mass is 32.2. The van der Waals surface area contributed by atoms with Gasteiger partial charge in [0.1, 0.15) is 11.9 Å². The normalized spacial score (nSPS) is 12.7. The summed E-state index contributed by atoms with van der Waals surface area (Å²) < 4.78 is 68.7. The number of nitrogens with zero attached hydrogens (tertiary/aromatic N) is 1. The predicted octanol–water partition coefficient (Wildman–Crippen LogP) is -0.368. The third-order valence-corrected chi connectivity index (χ3v) is 5.31. The minimum absolute atomic E-state index is 0.133. The number of halogens is 1. The maximum absolute atomic E-state index is 14.8. The van der Waals surface area contributed by atoms with Crippen molar-refractivity contribution in [3.8, 4) is 0 Å². The number of anilines is 1. The molecule has 0 unspecified atom stereocenters. The standard InChI is InChI=1S/C18H25FN2O11S2/c1-33(27,28)31-9-7-21(8-10-32-34(2,29)30)15-5-3-12(11-13(15)19)17(24)20-14(18(25)26)4-6-16(22)23/h3,5,11,14H,4,6-10H2,1-2H3,(H,20,24)(H,22,23)(H,25,26)/t14-/m0/s1. The Labute approximate surface area is 195 Å². The van der Waals surface area contributed by atoms with Crippen LogP contribution >= 0.6 is 0 Å². The first-order valence-corrected chi connectivity index (χ1v) is 13.2. The fourth-order valence-electron chi connectivity index (χ4n) is 2.62. The van der Waals surface area contributed by atoms with Crippen LogP contribution in [-0.2, 0) is 38.2 Å². The highest BCUT2D eigenvalue weighted by molar-refractivity contribution is 7.86. The minimum Gasteiger partial charge on any atom is -0.481 e. The van der Waals surface area contributed by atoms with Crippen LogP contribution in [0.2, 0.25) is 0 Å². The molecule has 0 aromatic heterocycles. The molecule has 0 fully saturated rings. The molecule has 1 atom stereocenters. The Hall–Kier alpha value is -2.82. The summed E-state index contributed by atoms with van der Waals surface area (Å²) in [6.07, 6.45) is 0.744. The lowest BCUT2D eigenvalue weighted by atomic mass is 10.1. The lowest BCUT2D eigenvalue weighted by Crippen LogP contribution is -2.41. The Balaban J connectivity index is 3.03. The van der Waals surface area contributed by atoms with Gasteiger partial charge >= 0.3 is 11.9 Å². The van der Waals surface area contributed by atoms with Gasteiger partial charge < -0.3 is 20.4 Å². The number of amides is 1. The topological polar surface area (TPSA) is 194 Å². The van der Waals surface area contributed by atoms with Crippen LogP contribution in [0.3, 0.4) is 0 Å². The molecule has 0 spiro atoms. The Bertz CT molecular complexity index is 1070. The van der Waals surface area contributed by atoms with Crippen molar-refractivity contribution in [3.63, 3.8) is 0 Å². The van der Waals surface area contributed by atoms with Crippen LogP contribution in [0.1, 0.15) is 23.2 Å². The van der Waals surface area contributed by atoms with Crippen molar-refractivity contribution in [2.45, 2.75) is 18.9 Å². The molecule has 1 aromatic carbocycles. The van der Waals surface area contributed by atoms with Crippen molar-refractivity contribution < 1.29 is 54.2 Å². The number of hydrogen-bond donors (Lipinski definition) is 3. The van der Waals surface area contributed by atoms with Crippen molar-refractivity contribution in [1.82, 2.24) is 5.32 Å². The summed E-state index contributed by atoms with van der Waals surface area (Å²) in [5.74, 6) is -4.63. The number of benzene rings is 1. The summed E-state index contributed by atoms with van der Waals surface area (Å²) in [5.41, 5.74) is -0.394. The van der Waals surface area contributed by atoms with Crippen molar-refractivity contribution in [2.24, 2.45) is 0 Å². The molecule has 0 aliphatic rings. The van der Waals surface area contributed by atoms with Gasteiger partial charge in [-0.2, -0.15) is 16.8 Å². The van der Waals surface area contributed by atoms with E-state index in [1.807, 2.05) is 0 Å². The molecule has 0 bridgehead atoms. The van der Waals surface area contributed by atoms with E-state index in [-0.39, 0.29) is 44.0 Å². The fourth-order valence-corrected chi connectivity index (χ4v) is 3.38. The first-order chi connectivity index (χ1) is 15.6. The molecule has 0 aliphatic heterocycles. The molecule has 0 saturated carbocycles. The summed E-state index contributed by atoms with van der Waals surface area (Å²) in [6.45, 7) is -1.13. The monoisotopic (exact) mass is 528 g/mol. The molecule has 34 heavy (non-hydrogen) atoms. The lowest BCUT2D eigenvalue weighted by Gasteiger charge is -2.25. The van der Waals surface area contributed by atoms with Crippen LogP contribution in [0.5, 0.6) is 0 Å². The van der Waals surface area contributed by atoms with E-state index in [4.69, 9.17) is 10.2 Å². The summed E-state index contributed by atoms with van der Waals surface area (Å²) in [5, 5.41) is 19.9. The molecule has 0 aliphatic carbocycles. The van der Waals surface area contributed by atoms with Crippen LogP contribution in [0.25, 0.3) is 0 Å². The third-order valence-electron chi connectivity index (χ3n) is 4.12. The molecular weight excluding hydrogens is 503 g/mol. The summed E-state index contributed by atoms with van der Waals surface area (Å²) in [6, 6.07) is 1.59. The molecule has 13 nitrogen and oxygen atoms in total. The predicted molar refractivity (Wildman–Crippen MR) is 116 cm³/mol. The second-order valence-corrected chi connectivity index (χ2v) is 10.3. The van der Waals surface area contributed by atoms with Crippen LogP contribution in [-0.4, -0.2) is 89.8 Å². The van der Waals surface area contributed by atoms with Gasteiger partial charge in [-0.1, -0.05) is 0 Å². The van der Waals surface area contributed by atoms with Crippen molar-refractivity contribution >= 4 is 43.8 Å². The van der Waals surface area contributed by atoms with Gasteiger partial charge in [0.15, 0.2) is 0 Å². The van der Waals surface area contributed by atoms with Gasteiger partial charge in [-0.05, 0) is 24.6 Å². The second kappa shape index (κ2) is 12.6. The van der Waals surface area contributed by atoms with Crippen LogP contribution < -0.4 is 10.2 Å². The van der Waals surface area contributed by atoms with E-state index < -0.39 is 56.4 Å². The molecule has 0 saturated heterocycles. The van der Waals surface area contributed by atoms with E-state index in [1.54, 1.807) is 0 Å². The molecule has 0 heterocycles. The molecular formula is C18H25FN2O11S2. The van der Waals surface area contributed by atoms with E-state index >= 15 is 0 Å². The quantitative estimate of drug-likeness (QED) is 0.250. The highest BCUT2D eigenvalue weighted by Gasteiger charge is 2.23. The van der Waals surface area contributed by atoms with E-state index in [2.05, 4.69) is 13.7 Å². The number of carbonyl (C=O) groups excluding carboxylic acids is 1. The number of carboxylic acid groups (broad SMARTS) is 2. The lowest BCUT2D eigenvalue weighted by molar-refractivity contribution is -0.140. The molecule has 0 radical (unpaired) electrons. The molecule has 1 amide bonds. The van der Waals surface area contributed by atoms with Gasteiger partial charge in [-0.25, -0.2) is 9.18 Å². The zero-order valence-electron chi connectivity index (χ0n) is 18.3. The average molecular weight is 529 g/mol. The van der Waals surface area contributed by atoms with Gasteiger partial charge in [0, 0.05) is 25.1 Å². The Kier molecular flexibility index (Phi) is 10.8. The van der Waals surface area contributed by atoms with Gasteiger partial charge in [0.05, 0.1) is 31.4 Å². The Morgan fingerprint density at radius 2 is 1.56 bits per heavy atom. The first-order valence-electron chi connectivity index (χ1n) is 9.58. The van der Waals surface area contributed by atoms with Crippen molar-refractivity contribution in [1.29, 1.82) is 0 Å². The zero-order valence-corrected chi connectivity index (χ0v) is 19.9. The number of nitrogens with one attached hydrogen (secondary N) is 1. The maximum Gasteiger partial charge on any atom is 0.326 e. The number of hydrogen-bond acceptors (Lipinski definition) is 10. The van der Waals surface area contributed by atoms with Gasteiger partial charge in [-0.15, -0.1) is 0 Å². The summed E-state index contributed by atoms with van der Waals surface area (Å²) in [4.78, 5) is 35.4. The molecule has 3 N–H and O–H groups in total. The second-order valence-electron chi connectivity index (χ2n) is 7.00. The molecule has 16 heteroatoms. The first kappa shape index (κ1) is 29.2.